The Morgan fingerprint density at radius 1 is 1.47 bits per heavy atom. The summed E-state index contributed by atoms with van der Waals surface area (Å²) < 4.78 is 5.36. The molecule has 1 rings (SSSR count). The predicted octanol–water partition coefficient (Wildman–Crippen LogP) is 1.71. The van der Waals surface area contributed by atoms with Crippen LogP contribution in [0.1, 0.15) is 34.1 Å². The molecule has 1 aliphatic heterocycles. The van der Waals surface area contributed by atoms with Crippen molar-refractivity contribution < 1.29 is 9.53 Å². The number of ketones is 1. The third kappa shape index (κ3) is 3.92. The van der Waals surface area contributed by atoms with Crippen LogP contribution < -0.4 is 0 Å². The molecule has 1 unspecified atom stereocenters. The molecule has 0 aliphatic carbocycles. The van der Waals surface area contributed by atoms with E-state index in [9.17, 15) is 4.79 Å². The molecule has 1 aliphatic rings. The smallest absolute Gasteiger partial charge is 0.139 e. The molecule has 1 fully saturated rings. The molecule has 1 atom stereocenters. The highest BCUT2D eigenvalue weighted by Crippen LogP contribution is 2.17. The van der Waals surface area contributed by atoms with Gasteiger partial charge >= 0.3 is 0 Å². The first-order valence-electron chi connectivity index (χ1n) is 5.76. The maximum atomic E-state index is 11.8. The Balaban J connectivity index is 2.33. The van der Waals surface area contributed by atoms with Crippen LogP contribution in [-0.2, 0) is 9.53 Å². The Morgan fingerprint density at radius 3 is 2.67 bits per heavy atom. The number of ether oxygens (including phenoxy) is 1. The summed E-state index contributed by atoms with van der Waals surface area (Å²) in [5, 5.41) is 0. The van der Waals surface area contributed by atoms with Gasteiger partial charge in [-0.05, 0) is 6.92 Å². The molecule has 0 aromatic heterocycles. The summed E-state index contributed by atoms with van der Waals surface area (Å²) in [6, 6.07) is 0.450. The second-order valence-electron chi connectivity index (χ2n) is 5.38. The van der Waals surface area contributed by atoms with Crippen molar-refractivity contribution in [1.29, 1.82) is 0 Å². The first kappa shape index (κ1) is 12.7. The zero-order valence-corrected chi connectivity index (χ0v) is 10.4. The number of carbonyl (C=O) groups excluding carboxylic acids is 1. The average molecular weight is 213 g/mol. The van der Waals surface area contributed by atoms with Gasteiger partial charge in [-0.3, -0.25) is 9.69 Å². The molecule has 0 aromatic rings. The number of hydrogen-bond acceptors (Lipinski definition) is 3. The van der Waals surface area contributed by atoms with Crippen LogP contribution in [0, 0.1) is 5.41 Å². The van der Waals surface area contributed by atoms with Crippen LogP contribution in [0.15, 0.2) is 0 Å². The number of nitrogens with zero attached hydrogens (tertiary/aromatic N) is 1. The Labute approximate surface area is 92.8 Å². The molecule has 1 heterocycles. The van der Waals surface area contributed by atoms with E-state index < -0.39 is 0 Å². The molecule has 0 N–H and O–H groups in total. The monoisotopic (exact) mass is 213 g/mol. The summed E-state index contributed by atoms with van der Waals surface area (Å²) in [5.74, 6) is 0.348. The van der Waals surface area contributed by atoms with Gasteiger partial charge < -0.3 is 4.74 Å². The standard InChI is InChI=1S/C12H23NO2/c1-10-9-15-8-7-13(10)6-5-11(14)12(2,3)4/h10H,5-9H2,1-4H3. The van der Waals surface area contributed by atoms with Gasteiger partial charge in [-0.25, -0.2) is 0 Å². The summed E-state index contributed by atoms with van der Waals surface area (Å²) in [6.07, 6.45) is 0.661. The molecule has 15 heavy (non-hydrogen) atoms. The lowest BCUT2D eigenvalue weighted by Crippen LogP contribution is -2.44. The van der Waals surface area contributed by atoms with Gasteiger partial charge in [0, 0.05) is 31.0 Å². The van der Waals surface area contributed by atoms with Crippen molar-refractivity contribution in [2.24, 2.45) is 5.41 Å². The van der Waals surface area contributed by atoms with Gasteiger partial charge in [0.1, 0.15) is 5.78 Å². The normalized spacial score (nSPS) is 24.1. The largest absolute Gasteiger partial charge is 0.379 e. The molecular formula is C12H23NO2. The van der Waals surface area contributed by atoms with Crippen LogP contribution >= 0.6 is 0 Å². The topological polar surface area (TPSA) is 29.5 Å². The van der Waals surface area contributed by atoms with E-state index in [2.05, 4.69) is 11.8 Å². The average Bonchev–Trinajstić information content (AvgIpc) is 2.14. The van der Waals surface area contributed by atoms with Crippen LogP contribution in [0.2, 0.25) is 0 Å². The van der Waals surface area contributed by atoms with Gasteiger partial charge in [-0.15, -0.1) is 0 Å². The molecule has 3 nitrogen and oxygen atoms in total. The minimum Gasteiger partial charge on any atom is -0.379 e. The minimum atomic E-state index is -0.199. The summed E-state index contributed by atoms with van der Waals surface area (Å²) in [6.45, 7) is 11.5. The van der Waals surface area contributed by atoms with E-state index >= 15 is 0 Å². The van der Waals surface area contributed by atoms with Crippen LogP contribution in [0.3, 0.4) is 0 Å². The number of morpholine rings is 1. The Kier molecular flexibility index (Phi) is 4.29. The lowest BCUT2D eigenvalue weighted by atomic mass is 9.89. The predicted molar refractivity (Wildman–Crippen MR) is 60.9 cm³/mol. The summed E-state index contributed by atoms with van der Waals surface area (Å²) in [5.41, 5.74) is -0.199. The SMILES string of the molecule is CC1COCCN1CCC(=O)C(C)(C)C. The number of hydrogen-bond donors (Lipinski definition) is 0. The van der Waals surface area contributed by atoms with Gasteiger partial charge in [0.2, 0.25) is 0 Å². The first-order valence-corrected chi connectivity index (χ1v) is 5.76. The lowest BCUT2D eigenvalue weighted by molar-refractivity contribution is -0.127. The fourth-order valence-corrected chi connectivity index (χ4v) is 1.71. The Morgan fingerprint density at radius 2 is 2.13 bits per heavy atom. The number of Topliss-reactive ketones (excluding diaryl/α,β-unsaturated/α-hetero) is 1. The molecule has 3 heteroatoms. The van der Waals surface area contributed by atoms with E-state index in [1.165, 1.54) is 0 Å². The van der Waals surface area contributed by atoms with E-state index in [-0.39, 0.29) is 5.41 Å². The van der Waals surface area contributed by atoms with Crippen LogP contribution in [0.5, 0.6) is 0 Å². The molecule has 0 spiro atoms. The van der Waals surface area contributed by atoms with E-state index in [0.29, 0.717) is 18.2 Å². The third-order valence-corrected chi connectivity index (χ3v) is 2.97. The number of carbonyl (C=O) groups is 1. The van der Waals surface area contributed by atoms with E-state index in [0.717, 1.165) is 26.3 Å². The maximum absolute atomic E-state index is 11.8. The van der Waals surface area contributed by atoms with Crippen molar-refractivity contribution in [2.75, 3.05) is 26.3 Å². The highest BCUT2D eigenvalue weighted by molar-refractivity contribution is 5.83. The van der Waals surface area contributed by atoms with Crippen molar-refractivity contribution in [2.45, 2.75) is 40.2 Å². The summed E-state index contributed by atoms with van der Waals surface area (Å²) in [7, 11) is 0. The third-order valence-electron chi connectivity index (χ3n) is 2.97. The zero-order valence-electron chi connectivity index (χ0n) is 10.4. The van der Waals surface area contributed by atoms with Crippen molar-refractivity contribution in [3.63, 3.8) is 0 Å². The van der Waals surface area contributed by atoms with Crippen molar-refractivity contribution in [3.8, 4) is 0 Å². The molecule has 1 saturated heterocycles. The Hall–Kier alpha value is -0.410. The van der Waals surface area contributed by atoms with Gasteiger partial charge in [-0.1, -0.05) is 20.8 Å². The highest BCUT2D eigenvalue weighted by Gasteiger charge is 2.24. The fraction of sp³-hybridized carbons (Fsp3) is 0.917. The second kappa shape index (κ2) is 5.08. The molecule has 0 aromatic carbocycles. The van der Waals surface area contributed by atoms with Gasteiger partial charge in [0.05, 0.1) is 13.2 Å². The molecular weight excluding hydrogens is 190 g/mol. The minimum absolute atomic E-state index is 0.199. The quantitative estimate of drug-likeness (QED) is 0.715. The molecule has 88 valence electrons. The van der Waals surface area contributed by atoms with Crippen molar-refractivity contribution in [1.82, 2.24) is 4.90 Å². The Bertz CT molecular complexity index is 220. The van der Waals surface area contributed by atoms with Crippen molar-refractivity contribution >= 4 is 5.78 Å². The van der Waals surface area contributed by atoms with Gasteiger partial charge in [0.25, 0.3) is 0 Å². The molecule has 0 amide bonds. The van der Waals surface area contributed by atoms with Crippen LogP contribution in [0.4, 0.5) is 0 Å². The van der Waals surface area contributed by atoms with E-state index in [4.69, 9.17) is 4.74 Å². The molecule has 0 bridgehead atoms. The summed E-state index contributed by atoms with van der Waals surface area (Å²) >= 11 is 0. The van der Waals surface area contributed by atoms with E-state index in [1.807, 2.05) is 20.8 Å². The van der Waals surface area contributed by atoms with Gasteiger partial charge in [0.15, 0.2) is 0 Å². The van der Waals surface area contributed by atoms with E-state index in [1.54, 1.807) is 0 Å². The summed E-state index contributed by atoms with van der Waals surface area (Å²) in [4.78, 5) is 14.1. The van der Waals surface area contributed by atoms with Crippen molar-refractivity contribution in [3.05, 3.63) is 0 Å². The number of rotatable bonds is 3. The highest BCUT2D eigenvalue weighted by atomic mass is 16.5. The zero-order chi connectivity index (χ0) is 11.5. The van der Waals surface area contributed by atoms with Crippen LogP contribution in [0.25, 0.3) is 0 Å². The maximum Gasteiger partial charge on any atom is 0.139 e. The van der Waals surface area contributed by atoms with Gasteiger partial charge in [-0.2, -0.15) is 0 Å². The molecule has 0 saturated carbocycles. The first-order chi connectivity index (χ1) is 6.91. The molecule has 0 radical (unpaired) electrons. The lowest BCUT2D eigenvalue weighted by Gasteiger charge is -2.33. The fourth-order valence-electron chi connectivity index (χ4n) is 1.71. The second-order valence-corrected chi connectivity index (χ2v) is 5.38. The van der Waals surface area contributed by atoms with Crippen LogP contribution in [-0.4, -0.2) is 43.0 Å².